The first-order valence-electron chi connectivity index (χ1n) is 10.2. The smallest absolute Gasteiger partial charge is 0.338 e. The fraction of sp³-hybridized carbons (Fsp3) is 0.360. The molecule has 150 valence electrons. The maximum absolute atomic E-state index is 12.5. The fourth-order valence-corrected chi connectivity index (χ4v) is 4.93. The van der Waals surface area contributed by atoms with Crippen molar-refractivity contribution in [2.45, 2.75) is 51.9 Å². The van der Waals surface area contributed by atoms with Crippen molar-refractivity contribution in [2.75, 3.05) is 0 Å². The van der Waals surface area contributed by atoms with Gasteiger partial charge in [0.2, 0.25) is 0 Å². The molecule has 0 spiro atoms. The fourth-order valence-electron chi connectivity index (χ4n) is 4.93. The number of ether oxygens (including phenoxy) is 2. The number of esters is 2. The van der Waals surface area contributed by atoms with Gasteiger partial charge in [-0.2, -0.15) is 0 Å². The predicted octanol–water partition coefficient (Wildman–Crippen LogP) is 5.59. The van der Waals surface area contributed by atoms with Crippen LogP contribution in [0.3, 0.4) is 0 Å². The lowest BCUT2D eigenvalue weighted by atomic mass is 9.81. The first-order chi connectivity index (χ1) is 13.8. The van der Waals surface area contributed by atoms with E-state index >= 15 is 0 Å². The number of carbonyl (C=O) groups is 2. The summed E-state index contributed by atoms with van der Waals surface area (Å²) >= 11 is 0. The van der Waals surface area contributed by atoms with Crippen molar-refractivity contribution in [3.63, 3.8) is 0 Å². The van der Waals surface area contributed by atoms with Gasteiger partial charge in [-0.3, -0.25) is 0 Å². The molecule has 2 aromatic rings. The van der Waals surface area contributed by atoms with Gasteiger partial charge >= 0.3 is 11.9 Å². The third-order valence-electron chi connectivity index (χ3n) is 6.33. The molecule has 2 aliphatic carbocycles. The molecule has 1 saturated carbocycles. The van der Waals surface area contributed by atoms with Gasteiger partial charge in [0.15, 0.2) is 0 Å². The molecule has 0 N–H and O–H groups in total. The van der Waals surface area contributed by atoms with Crippen molar-refractivity contribution in [2.24, 2.45) is 5.92 Å². The minimum absolute atomic E-state index is 0.292. The predicted molar refractivity (Wildman–Crippen MR) is 113 cm³/mol. The number of carbonyl (C=O) groups excluding carboxylic acids is 2. The number of benzene rings is 2. The molecule has 2 aromatic carbocycles. The standard InChI is InChI=1S/C25H26O4/c1-6-15-8-9-17-19(11-15)24(29-25(27)13(3)4)21-16-10-14(5)18(12-16)22(21)23(17)28-20(26)7-2/h7-9,11,14,16,18H,2-3,6,10,12H2,1,4-5H3. The van der Waals surface area contributed by atoms with Crippen LogP contribution in [-0.4, -0.2) is 11.9 Å². The van der Waals surface area contributed by atoms with Gasteiger partial charge in [-0.25, -0.2) is 9.59 Å². The molecule has 0 aliphatic heterocycles. The van der Waals surface area contributed by atoms with E-state index in [0.29, 0.717) is 34.8 Å². The van der Waals surface area contributed by atoms with E-state index in [9.17, 15) is 9.59 Å². The van der Waals surface area contributed by atoms with Crippen LogP contribution in [0, 0.1) is 5.92 Å². The number of hydrogen-bond donors (Lipinski definition) is 0. The molecule has 2 aliphatic rings. The SMILES string of the molecule is C=CC(=O)Oc1c2c(c(OC(=O)C(=C)C)c3cc(CC)ccc13)C1CC(C)C2C1. The Kier molecular flexibility index (Phi) is 4.81. The van der Waals surface area contributed by atoms with E-state index in [0.717, 1.165) is 46.7 Å². The molecular formula is C25H26O4. The largest absolute Gasteiger partial charge is 0.422 e. The third kappa shape index (κ3) is 3.07. The minimum Gasteiger partial charge on any atom is -0.422 e. The molecule has 0 radical (unpaired) electrons. The Hall–Kier alpha value is -2.88. The lowest BCUT2D eigenvalue weighted by Gasteiger charge is -2.27. The molecule has 3 unspecified atom stereocenters. The quantitative estimate of drug-likeness (QED) is 0.380. The average Bonchev–Trinajstić information content (AvgIpc) is 3.26. The molecule has 1 fully saturated rings. The van der Waals surface area contributed by atoms with Crippen LogP contribution < -0.4 is 9.47 Å². The highest BCUT2D eigenvalue weighted by Gasteiger charge is 2.47. The zero-order valence-electron chi connectivity index (χ0n) is 17.2. The Morgan fingerprint density at radius 1 is 1.14 bits per heavy atom. The van der Waals surface area contributed by atoms with Gasteiger partial charge in [0, 0.05) is 33.5 Å². The summed E-state index contributed by atoms with van der Waals surface area (Å²) < 4.78 is 11.7. The van der Waals surface area contributed by atoms with Crippen molar-refractivity contribution in [1.82, 2.24) is 0 Å². The second-order valence-electron chi connectivity index (χ2n) is 8.27. The van der Waals surface area contributed by atoms with Crippen LogP contribution in [0.25, 0.3) is 10.8 Å². The molecule has 0 heterocycles. The lowest BCUT2D eigenvalue weighted by Crippen LogP contribution is -2.16. The van der Waals surface area contributed by atoms with Crippen molar-refractivity contribution < 1.29 is 19.1 Å². The van der Waals surface area contributed by atoms with Gasteiger partial charge in [-0.15, -0.1) is 0 Å². The van der Waals surface area contributed by atoms with Gasteiger partial charge in [-0.05, 0) is 55.6 Å². The summed E-state index contributed by atoms with van der Waals surface area (Å²) in [6.07, 6.45) is 4.07. The molecule has 2 bridgehead atoms. The van der Waals surface area contributed by atoms with E-state index in [2.05, 4.69) is 27.0 Å². The van der Waals surface area contributed by atoms with Crippen LogP contribution in [0.4, 0.5) is 0 Å². The third-order valence-corrected chi connectivity index (χ3v) is 6.33. The highest BCUT2D eigenvalue weighted by molar-refractivity contribution is 6.02. The monoisotopic (exact) mass is 390 g/mol. The zero-order chi connectivity index (χ0) is 20.9. The van der Waals surface area contributed by atoms with Crippen molar-refractivity contribution in [1.29, 1.82) is 0 Å². The summed E-state index contributed by atoms with van der Waals surface area (Å²) in [5, 5.41) is 1.60. The van der Waals surface area contributed by atoms with Gasteiger partial charge in [-0.1, -0.05) is 39.1 Å². The number of aryl methyl sites for hydroxylation is 1. The van der Waals surface area contributed by atoms with Crippen molar-refractivity contribution >= 4 is 22.7 Å². The number of hydrogen-bond acceptors (Lipinski definition) is 4. The van der Waals surface area contributed by atoms with Crippen LogP contribution in [0.5, 0.6) is 11.5 Å². The Bertz CT molecular complexity index is 1060. The molecule has 4 nitrogen and oxygen atoms in total. The van der Waals surface area contributed by atoms with Crippen LogP contribution >= 0.6 is 0 Å². The van der Waals surface area contributed by atoms with E-state index in [1.165, 1.54) is 6.08 Å². The zero-order valence-corrected chi connectivity index (χ0v) is 17.2. The molecule has 0 aromatic heterocycles. The molecule has 4 rings (SSSR count). The van der Waals surface area contributed by atoms with Gasteiger partial charge in [0.1, 0.15) is 11.5 Å². The lowest BCUT2D eigenvalue weighted by molar-refractivity contribution is -0.130. The number of rotatable bonds is 5. The highest BCUT2D eigenvalue weighted by atomic mass is 16.5. The van der Waals surface area contributed by atoms with E-state index < -0.39 is 11.9 Å². The average molecular weight is 390 g/mol. The van der Waals surface area contributed by atoms with E-state index in [-0.39, 0.29) is 0 Å². The first kappa shape index (κ1) is 19.4. The maximum atomic E-state index is 12.5. The molecular weight excluding hydrogens is 364 g/mol. The number of fused-ring (bicyclic) bond motifs is 6. The van der Waals surface area contributed by atoms with Crippen LogP contribution in [-0.2, 0) is 16.0 Å². The summed E-state index contributed by atoms with van der Waals surface area (Å²) in [7, 11) is 0. The first-order valence-corrected chi connectivity index (χ1v) is 10.2. The Labute approximate surface area is 171 Å². The normalized spacial score (nSPS) is 21.7. The van der Waals surface area contributed by atoms with E-state index in [1.807, 2.05) is 18.2 Å². The van der Waals surface area contributed by atoms with Crippen LogP contribution in [0.1, 0.15) is 62.1 Å². The van der Waals surface area contributed by atoms with Gasteiger partial charge < -0.3 is 9.47 Å². The molecule has 3 atom stereocenters. The summed E-state index contributed by atoms with van der Waals surface area (Å²) in [5.41, 5.74) is 3.53. The van der Waals surface area contributed by atoms with E-state index in [1.54, 1.807) is 6.92 Å². The summed E-state index contributed by atoms with van der Waals surface area (Å²) in [5.74, 6) is 1.38. The molecule has 4 heteroatoms. The Morgan fingerprint density at radius 2 is 1.86 bits per heavy atom. The molecule has 0 saturated heterocycles. The van der Waals surface area contributed by atoms with Crippen molar-refractivity contribution in [3.05, 3.63) is 59.7 Å². The second-order valence-corrected chi connectivity index (χ2v) is 8.27. The van der Waals surface area contributed by atoms with Gasteiger partial charge in [0.05, 0.1) is 0 Å². The summed E-state index contributed by atoms with van der Waals surface area (Å²) in [4.78, 5) is 24.6. The summed E-state index contributed by atoms with van der Waals surface area (Å²) in [6, 6.07) is 6.03. The topological polar surface area (TPSA) is 52.6 Å². The minimum atomic E-state index is -0.477. The Morgan fingerprint density at radius 3 is 2.52 bits per heavy atom. The molecule has 0 amide bonds. The van der Waals surface area contributed by atoms with Gasteiger partial charge in [0.25, 0.3) is 0 Å². The molecule has 29 heavy (non-hydrogen) atoms. The van der Waals surface area contributed by atoms with Crippen LogP contribution in [0.2, 0.25) is 0 Å². The highest BCUT2D eigenvalue weighted by Crippen LogP contribution is 2.63. The van der Waals surface area contributed by atoms with E-state index in [4.69, 9.17) is 9.47 Å². The summed E-state index contributed by atoms with van der Waals surface area (Å²) in [6.45, 7) is 13.2. The van der Waals surface area contributed by atoms with Crippen LogP contribution in [0.15, 0.2) is 43.0 Å². The second kappa shape index (κ2) is 7.18. The Balaban J connectivity index is 2.05. The van der Waals surface area contributed by atoms with Crippen molar-refractivity contribution in [3.8, 4) is 11.5 Å². The maximum Gasteiger partial charge on any atom is 0.338 e.